The summed E-state index contributed by atoms with van der Waals surface area (Å²) in [6.45, 7) is 5.04. The lowest BCUT2D eigenvalue weighted by atomic mass is 10.2. The Morgan fingerprint density at radius 3 is 2.74 bits per heavy atom. The van der Waals surface area contributed by atoms with E-state index in [1.54, 1.807) is 5.38 Å². The van der Waals surface area contributed by atoms with Gasteiger partial charge in [-0.3, -0.25) is 4.79 Å². The number of aliphatic hydroxyl groups is 1. The van der Waals surface area contributed by atoms with Crippen molar-refractivity contribution >= 4 is 17.2 Å². The number of aliphatic hydroxyl groups excluding tert-OH is 1. The first-order valence-electron chi connectivity index (χ1n) is 7.61. The van der Waals surface area contributed by atoms with Gasteiger partial charge in [0.1, 0.15) is 10.7 Å². The average molecular weight is 334 g/mol. The van der Waals surface area contributed by atoms with Gasteiger partial charge in [-0.1, -0.05) is 44.2 Å². The molecular weight excluding hydrogens is 312 g/mol. The highest BCUT2D eigenvalue weighted by Gasteiger charge is 2.13. The van der Waals surface area contributed by atoms with E-state index in [1.165, 1.54) is 11.3 Å². The summed E-state index contributed by atoms with van der Waals surface area (Å²) in [7, 11) is 0. The van der Waals surface area contributed by atoms with E-state index in [9.17, 15) is 9.90 Å². The number of hydrogen-bond donors (Lipinski definition) is 2. The predicted octanol–water partition coefficient (Wildman–Crippen LogP) is 2.57. The Morgan fingerprint density at radius 1 is 1.30 bits per heavy atom. The zero-order valence-corrected chi connectivity index (χ0v) is 14.2. The molecule has 2 N–H and O–H groups in total. The summed E-state index contributed by atoms with van der Waals surface area (Å²) >= 11 is 1.42. The van der Waals surface area contributed by atoms with E-state index in [-0.39, 0.29) is 19.1 Å². The molecule has 1 heterocycles. The molecule has 2 aromatic rings. The summed E-state index contributed by atoms with van der Waals surface area (Å²) in [5.74, 6) is 0.134. The molecule has 0 aliphatic heterocycles. The monoisotopic (exact) mass is 334 g/mol. The number of amides is 1. The average Bonchev–Trinajstić information content (AvgIpc) is 3.03. The zero-order valence-electron chi connectivity index (χ0n) is 13.4. The van der Waals surface area contributed by atoms with Crippen LogP contribution in [-0.4, -0.2) is 41.9 Å². The summed E-state index contributed by atoms with van der Waals surface area (Å²) in [6.07, 6.45) is -0.718. The molecule has 0 spiro atoms. The molecule has 6 heteroatoms. The lowest BCUT2D eigenvalue weighted by molar-refractivity contribution is 0.0259. The molecule has 124 valence electrons. The Kier molecular flexibility index (Phi) is 6.70. The number of thiazole rings is 1. The Labute approximate surface area is 140 Å². The fraction of sp³-hybridized carbons (Fsp3) is 0.412. The van der Waals surface area contributed by atoms with Gasteiger partial charge in [-0.05, 0) is 5.92 Å². The topological polar surface area (TPSA) is 71.5 Å². The molecule has 0 radical (unpaired) electrons. The van der Waals surface area contributed by atoms with Crippen molar-refractivity contribution in [3.63, 3.8) is 0 Å². The van der Waals surface area contributed by atoms with Crippen molar-refractivity contribution < 1.29 is 14.6 Å². The van der Waals surface area contributed by atoms with E-state index >= 15 is 0 Å². The standard InChI is InChI=1S/C17H22N2O3S/c1-12(2)9-22-10-14(20)8-18-16(21)15-11-23-17(19-15)13-6-4-3-5-7-13/h3-7,11-12,14,20H,8-10H2,1-2H3,(H,18,21). The fourth-order valence-electron chi connectivity index (χ4n) is 1.89. The number of carbonyl (C=O) groups excluding carboxylic acids is 1. The van der Waals surface area contributed by atoms with Gasteiger partial charge in [0.25, 0.3) is 5.91 Å². The highest BCUT2D eigenvalue weighted by Crippen LogP contribution is 2.23. The van der Waals surface area contributed by atoms with Crippen molar-refractivity contribution in [2.45, 2.75) is 20.0 Å². The van der Waals surface area contributed by atoms with Gasteiger partial charge in [-0.15, -0.1) is 11.3 Å². The lowest BCUT2D eigenvalue weighted by Gasteiger charge is -2.13. The first-order valence-corrected chi connectivity index (χ1v) is 8.49. The van der Waals surface area contributed by atoms with Crippen LogP contribution < -0.4 is 5.32 Å². The van der Waals surface area contributed by atoms with E-state index in [0.717, 1.165) is 10.6 Å². The second-order valence-corrected chi connectivity index (χ2v) is 6.56. The molecule has 1 unspecified atom stereocenters. The third-order valence-corrected chi connectivity index (χ3v) is 3.91. The molecule has 1 aromatic carbocycles. The summed E-state index contributed by atoms with van der Waals surface area (Å²) in [5.41, 5.74) is 1.35. The molecule has 0 bridgehead atoms. The van der Waals surface area contributed by atoms with Crippen LogP contribution in [0.1, 0.15) is 24.3 Å². The van der Waals surface area contributed by atoms with Crippen LogP contribution in [0.5, 0.6) is 0 Å². The third kappa shape index (κ3) is 5.74. The highest BCUT2D eigenvalue weighted by molar-refractivity contribution is 7.13. The van der Waals surface area contributed by atoms with Crippen molar-refractivity contribution in [2.75, 3.05) is 19.8 Å². The first-order chi connectivity index (χ1) is 11.1. The zero-order chi connectivity index (χ0) is 16.7. The van der Waals surface area contributed by atoms with Crippen LogP contribution in [0.3, 0.4) is 0 Å². The Bertz CT molecular complexity index is 613. The van der Waals surface area contributed by atoms with Gasteiger partial charge in [0.05, 0.1) is 12.7 Å². The largest absolute Gasteiger partial charge is 0.389 e. The minimum absolute atomic E-state index is 0.148. The molecule has 1 aromatic heterocycles. The normalized spacial score (nSPS) is 12.3. The van der Waals surface area contributed by atoms with Gasteiger partial charge in [0, 0.05) is 24.1 Å². The number of nitrogens with zero attached hydrogens (tertiary/aromatic N) is 1. The number of benzene rings is 1. The Hall–Kier alpha value is -1.76. The number of hydrogen-bond acceptors (Lipinski definition) is 5. The predicted molar refractivity (Wildman–Crippen MR) is 91.5 cm³/mol. The Balaban J connectivity index is 1.81. The van der Waals surface area contributed by atoms with Crippen LogP contribution in [0.25, 0.3) is 10.6 Å². The van der Waals surface area contributed by atoms with E-state index < -0.39 is 6.10 Å². The van der Waals surface area contributed by atoms with Gasteiger partial charge >= 0.3 is 0 Å². The molecular formula is C17H22N2O3S. The number of carbonyl (C=O) groups is 1. The fourth-order valence-corrected chi connectivity index (χ4v) is 2.70. The SMILES string of the molecule is CC(C)COCC(O)CNC(=O)c1csc(-c2ccccc2)n1. The van der Waals surface area contributed by atoms with Crippen molar-refractivity contribution in [3.8, 4) is 10.6 Å². The molecule has 0 aliphatic carbocycles. The maximum atomic E-state index is 12.1. The van der Waals surface area contributed by atoms with Crippen molar-refractivity contribution in [1.29, 1.82) is 0 Å². The molecule has 0 aliphatic rings. The molecule has 2 rings (SSSR count). The summed E-state index contributed by atoms with van der Waals surface area (Å²) in [5, 5.41) is 15.0. The number of ether oxygens (including phenoxy) is 1. The highest BCUT2D eigenvalue weighted by atomic mass is 32.1. The van der Waals surface area contributed by atoms with Crippen LogP contribution in [-0.2, 0) is 4.74 Å². The van der Waals surface area contributed by atoms with Crippen LogP contribution >= 0.6 is 11.3 Å². The van der Waals surface area contributed by atoms with E-state index in [4.69, 9.17) is 4.74 Å². The second kappa shape index (κ2) is 8.76. The quantitative estimate of drug-likeness (QED) is 0.778. The first kappa shape index (κ1) is 17.6. The van der Waals surface area contributed by atoms with Gasteiger partial charge in [-0.25, -0.2) is 4.98 Å². The minimum atomic E-state index is -0.718. The van der Waals surface area contributed by atoms with E-state index in [1.807, 2.05) is 44.2 Å². The molecule has 1 amide bonds. The van der Waals surface area contributed by atoms with Crippen LogP contribution in [0.15, 0.2) is 35.7 Å². The number of aromatic nitrogens is 1. The van der Waals surface area contributed by atoms with Crippen molar-refractivity contribution in [3.05, 3.63) is 41.4 Å². The number of nitrogens with one attached hydrogen (secondary N) is 1. The minimum Gasteiger partial charge on any atom is -0.389 e. The summed E-state index contributed by atoms with van der Waals surface area (Å²) in [4.78, 5) is 16.4. The number of rotatable bonds is 8. The van der Waals surface area contributed by atoms with Crippen molar-refractivity contribution in [2.24, 2.45) is 5.92 Å². The molecule has 0 saturated carbocycles. The van der Waals surface area contributed by atoms with Gasteiger partial charge < -0.3 is 15.2 Å². The smallest absolute Gasteiger partial charge is 0.270 e. The second-order valence-electron chi connectivity index (χ2n) is 5.70. The maximum Gasteiger partial charge on any atom is 0.270 e. The molecule has 5 nitrogen and oxygen atoms in total. The van der Waals surface area contributed by atoms with Crippen LogP contribution in [0.4, 0.5) is 0 Å². The van der Waals surface area contributed by atoms with Gasteiger partial charge in [-0.2, -0.15) is 0 Å². The summed E-state index contributed by atoms with van der Waals surface area (Å²) < 4.78 is 5.34. The van der Waals surface area contributed by atoms with Gasteiger partial charge in [0.15, 0.2) is 0 Å². The molecule has 0 saturated heterocycles. The van der Waals surface area contributed by atoms with Crippen LogP contribution in [0.2, 0.25) is 0 Å². The van der Waals surface area contributed by atoms with E-state index in [0.29, 0.717) is 18.2 Å². The lowest BCUT2D eigenvalue weighted by Crippen LogP contribution is -2.35. The van der Waals surface area contributed by atoms with E-state index in [2.05, 4.69) is 10.3 Å². The maximum absolute atomic E-state index is 12.1. The molecule has 23 heavy (non-hydrogen) atoms. The Morgan fingerprint density at radius 2 is 2.04 bits per heavy atom. The molecule has 0 fully saturated rings. The van der Waals surface area contributed by atoms with Crippen LogP contribution in [0, 0.1) is 5.92 Å². The summed E-state index contributed by atoms with van der Waals surface area (Å²) in [6, 6.07) is 9.72. The van der Waals surface area contributed by atoms with Gasteiger partial charge in [0.2, 0.25) is 0 Å². The third-order valence-electron chi connectivity index (χ3n) is 3.02. The molecule has 1 atom stereocenters. The van der Waals surface area contributed by atoms with Crippen molar-refractivity contribution in [1.82, 2.24) is 10.3 Å².